The van der Waals surface area contributed by atoms with E-state index < -0.39 is 0 Å². The predicted octanol–water partition coefficient (Wildman–Crippen LogP) is 4.40. The van der Waals surface area contributed by atoms with E-state index in [9.17, 15) is 0 Å². The van der Waals surface area contributed by atoms with E-state index in [4.69, 9.17) is 4.74 Å². The highest BCUT2D eigenvalue weighted by Crippen LogP contribution is 2.45. The minimum Gasteiger partial charge on any atom is -0.496 e. The summed E-state index contributed by atoms with van der Waals surface area (Å²) < 4.78 is 5.73. The summed E-state index contributed by atoms with van der Waals surface area (Å²) in [4.78, 5) is 0. The smallest absolute Gasteiger partial charge is 0.126 e. The second-order valence-electron chi connectivity index (χ2n) is 6.26. The van der Waals surface area contributed by atoms with E-state index >= 15 is 0 Å². The third-order valence-electron chi connectivity index (χ3n) is 4.75. The maximum atomic E-state index is 5.73. The van der Waals surface area contributed by atoms with Crippen molar-refractivity contribution in [1.82, 2.24) is 5.32 Å². The molecule has 0 amide bonds. The molecule has 1 saturated carbocycles. The molecular weight excluding hydrogens is 246 g/mol. The van der Waals surface area contributed by atoms with E-state index in [0.717, 1.165) is 18.2 Å². The number of rotatable bonds is 7. The monoisotopic (exact) mass is 275 g/mol. The molecule has 1 N–H and O–H groups in total. The topological polar surface area (TPSA) is 21.3 Å². The minimum atomic E-state index is 0.414. The van der Waals surface area contributed by atoms with Crippen LogP contribution in [-0.4, -0.2) is 13.7 Å². The molecule has 1 aliphatic rings. The Kier molecular flexibility index (Phi) is 5.09. The third-order valence-corrected chi connectivity index (χ3v) is 4.75. The van der Waals surface area contributed by atoms with Crippen molar-refractivity contribution in [3.05, 3.63) is 28.8 Å². The maximum absolute atomic E-state index is 5.73. The number of hydrogen-bond acceptors (Lipinski definition) is 2. The molecule has 2 heteroatoms. The number of benzene rings is 1. The number of nitrogens with one attached hydrogen (secondary N) is 1. The van der Waals surface area contributed by atoms with Crippen molar-refractivity contribution in [3.63, 3.8) is 0 Å². The Hall–Kier alpha value is -1.02. The first-order chi connectivity index (χ1) is 9.60. The number of methoxy groups -OCH3 is 1. The predicted molar refractivity (Wildman–Crippen MR) is 85.4 cm³/mol. The zero-order valence-corrected chi connectivity index (χ0v) is 13.6. The van der Waals surface area contributed by atoms with Crippen LogP contribution in [0.2, 0.25) is 0 Å². The second-order valence-corrected chi connectivity index (χ2v) is 6.26. The Morgan fingerprint density at radius 2 is 2.00 bits per heavy atom. The average Bonchev–Trinajstić information content (AvgIpc) is 3.27. The quantitative estimate of drug-likeness (QED) is 0.796. The van der Waals surface area contributed by atoms with Gasteiger partial charge in [0.05, 0.1) is 7.11 Å². The molecular formula is C18H29NO. The molecule has 0 radical (unpaired) electrons. The standard InChI is InChI=1S/C18H29NO/c1-6-11-19-17(14(4)15-8-9-15)16-10-7-12(2)13(3)18(16)20-5/h7,10,14-15,17,19H,6,8-9,11H2,1-5H3. The lowest BCUT2D eigenvalue weighted by Crippen LogP contribution is -2.29. The van der Waals surface area contributed by atoms with Crippen molar-refractivity contribution in [1.29, 1.82) is 0 Å². The van der Waals surface area contributed by atoms with Gasteiger partial charge in [-0.25, -0.2) is 0 Å². The fourth-order valence-electron chi connectivity index (χ4n) is 3.10. The van der Waals surface area contributed by atoms with Gasteiger partial charge in [-0.2, -0.15) is 0 Å². The van der Waals surface area contributed by atoms with Crippen LogP contribution >= 0.6 is 0 Å². The van der Waals surface area contributed by atoms with Gasteiger partial charge in [-0.15, -0.1) is 0 Å². The number of hydrogen-bond donors (Lipinski definition) is 1. The molecule has 0 aromatic heterocycles. The van der Waals surface area contributed by atoms with Crippen LogP contribution in [0.1, 0.15) is 55.8 Å². The molecule has 1 aromatic carbocycles. The van der Waals surface area contributed by atoms with Gasteiger partial charge in [-0.05, 0) is 62.6 Å². The van der Waals surface area contributed by atoms with Crippen LogP contribution in [0.4, 0.5) is 0 Å². The van der Waals surface area contributed by atoms with Gasteiger partial charge >= 0.3 is 0 Å². The summed E-state index contributed by atoms with van der Waals surface area (Å²) in [5, 5.41) is 3.75. The Labute approximate surface area is 123 Å². The highest BCUT2D eigenvalue weighted by molar-refractivity contribution is 5.47. The van der Waals surface area contributed by atoms with Crippen molar-refractivity contribution in [2.24, 2.45) is 11.8 Å². The summed E-state index contributed by atoms with van der Waals surface area (Å²) in [6, 6.07) is 4.90. The molecule has 0 saturated heterocycles. The summed E-state index contributed by atoms with van der Waals surface area (Å²) in [6.07, 6.45) is 3.94. The van der Waals surface area contributed by atoms with Gasteiger partial charge in [0.15, 0.2) is 0 Å². The lowest BCUT2D eigenvalue weighted by molar-refractivity contribution is 0.331. The normalized spacial score (nSPS) is 17.9. The van der Waals surface area contributed by atoms with Crippen molar-refractivity contribution < 1.29 is 4.74 Å². The van der Waals surface area contributed by atoms with E-state index in [1.165, 1.54) is 36.0 Å². The van der Waals surface area contributed by atoms with Gasteiger partial charge < -0.3 is 10.1 Å². The van der Waals surface area contributed by atoms with Crippen molar-refractivity contribution in [2.45, 2.75) is 53.0 Å². The third kappa shape index (κ3) is 3.17. The number of aryl methyl sites for hydroxylation is 1. The molecule has 0 heterocycles. The molecule has 2 atom stereocenters. The molecule has 1 aliphatic carbocycles. The largest absolute Gasteiger partial charge is 0.496 e. The fraction of sp³-hybridized carbons (Fsp3) is 0.667. The van der Waals surface area contributed by atoms with Crippen LogP contribution in [0.5, 0.6) is 5.75 Å². The molecule has 20 heavy (non-hydrogen) atoms. The Balaban J connectivity index is 2.34. The van der Waals surface area contributed by atoms with Crippen molar-refractivity contribution in [3.8, 4) is 5.75 Å². The van der Waals surface area contributed by atoms with Gasteiger partial charge in [0.1, 0.15) is 5.75 Å². The van der Waals surface area contributed by atoms with E-state index in [1.54, 1.807) is 7.11 Å². The van der Waals surface area contributed by atoms with Gasteiger partial charge in [0.25, 0.3) is 0 Å². The van der Waals surface area contributed by atoms with Crippen LogP contribution < -0.4 is 10.1 Å². The van der Waals surface area contributed by atoms with Crippen LogP contribution in [-0.2, 0) is 0 Å². The van der Waals surface area contributed by atoms with E-state index in [2.05, 4.69) is 45.1 Å². The molecule has 0 bridgehead atoms. The SMILES string of the molecule is CCCNC(c1ccc(C)c(C)c1OC)C(C)C1CC1. The fourth-order valence-corrected chi connectivity index (χ4v) is 3.10. The molecule has 0 spiro atoms. The summed E-state index contributed by atoms with van der Waals surface area (Å²) in [6.45, 7) is 10.00. The van der Waals surface area contributed by atoms with Gasteiger partial charge in [-0.3, -0.25) is 0 Å². The van der Waals surface area contributed by atoms with Gasteiger partial charge in [0, 0.05) is 11.6 Å². The highest BCUT2D eigenvalue weighted by Gasteiger charge is 2.35. The first kappa shape index (κ1) is 15.4. The summed E-state index contributed by atoms with van der Waals surface area (Å²) >= 11 is 0. The summed E-state index contributed by atoms with van der Waals surface area (Å²) in [5.41, 5.74) is 3.92. The van der Waals surface area contributed by atoms with Crippen molar-refractivity contribution >= 4 is 0 Å². The van der Waals surface area contributed by atoms with Crippen LogP contribution in [0.15, 0.2) is 12.1 Å². The maximum Gasteiger partial charge on any atom is 0.126 e. The molecule has 2 rings (SSSR count). The zero-order valence-electron chi connectivity index (χ0n) is 13.6. The van der Waals surface area contributed by atoms with E-state index in [1.807, 2.05) is 0 Å². The minimum absolute atomic E-state index is 0.414. The molecule has 1 fully saturated rings. The highest BCUT2D eigenvalue weighted by atomic mass is 16.5. The first-order valence-electron chi connectivity index (χ1n) is 7.97. The molecule has 1 aromatic rings. The van der Waals surface area contributed by atoms with E-state index in [0.29, 0.717) is 12.0 Å². The lowest BCUT2D eigenvalue weighted by atomic mass is 9.88. The van der Waals surface area contributed by atoms with Gasteiger partial charge in [0.2, 0.25) is 0 Å². The Bertz CT molecular complexity index is 451. The van der Waals surface area contributed by atoms with Crippen molar-refractivity contribution in [2.75, 3.05) is 13.7 Å². The van der Waals surface area contributed by atoms with Crippen LogP contribution in [0, 0.1) is 25.7 Å². The lowest BCUT2D eigenvalue weighted by Gasteiger charge is -2.28. The second kappa shape index (κ2) is 6.62. The Morgan fingerprint density at radius 1 is 1.30 bits per heavy atom. The zero-order chi connectivity index (χ0) is 14.7. The van der Waals surface area contributed by atoms with Crippen LogP contribution in [0.25, 0.3) is 0 Å². The molecule has 0 aliphatic heterocycles. The summed E-state index contributed by atoms with van der Waals surface area (Å²) in [7, 11) is 1.80. The molecule has 2 unspecified atom stereocenters. The summed E-state index contributed by atoms with van der Waals surface area (Å²) in [5.74, 6) is 2.64. The number of ether oxygens (including phenoxy) is 1. The van der Waals surface area contributed by atoms with E-state index in [-0.39, 0.29) is 0 Å². The first-order valence-corrected chi connectivity index (χ1v) is 7.97. The molecule has 2 nitrogen and oxygen atoms in total. The Morgan fingerprint density at radius 3 is 2.55 bits per heavy atom. The van der Waals surface area contributed by atoms with Crippen LogP contribution in [0.3, 0.4) is 0 Å². The molecule has 112 valence electrons. The van der Waals surface area contributed by atoms with Gasteiger partial charge in [-0.1, -0.05) is 26.0 Å². The average molecular weight is 275 g/mol.